The van der Waals surface area contributed by atoms with Crippen LogP contribution in [0.1, 0.15) is 239 Å². The Hall–Kier alpha value is -3.34. The number of phosphoric acid groups is 1. The lowest BCUT2D eigenvalue weighted by atomic mass is 10.1. The van der Waals surface area contributed by atoms with Crippen LogP contribution in [-0.2, 0) is 42.2 Å². The molecule has 0 aromatic rings. The van der Waals surface area contributed by atoms with E-state index in [2.05, 4.69) is 106 Å². The van der Waals surface area contributed by atoms with E-state index in [1.807, 2.05) is 0 Å². The fraction of sp³-hybridized carbons (Fsp3) is 0.717. The topological polar surface area (TPSA) is 155 Å². The van der Waals surface area contributed by atoms with E-state index in [0.717, 1.165) is 116 Å². The van der Waals surface area contributed by atoms with Crippen LogP contribution in [0.5, 0.6) is 0 Å². The molecule has 0 aliphatic carbocycles. The maximum atomic E-state index is 12.9. The zero-order chi connectivity index (χ0) is 52.7. The van der Waals surface area contributed by atoms with Crippen molar-refractivity contribution < 1.29 is 52.2 Å². The molecule has 12 heteroatoms. The molecule has 0 saturated carbocycles. The van der Waals surface area contributed by atoms with Crippen molar-refractivity contribution in [2.24, 2.45) is 0 Å². The van der Waals surface area contributed by atoms with Crippen LogP contribution in [0.4, 0.5) is 0 Å². The molecule has 0 amide bonds. The number of carbonyl (C=O) groups excluding carboxylic acids is 3. The average molecular weight is 1030 g/mol. The maximum absolute atomic E-state index is 12.9. The number of allylic oxidation sites excluding steroid dienone is 14. The highest BCUT2D eigenvalue weighted by atomic mass is 31.2. The number of aliphatic hydroxyl groups is 1. The number of unbranched alkanes of at least 4 members (excludes halogenated alkanes) is 21. The van der Waals surface area contributed by atoms with Crippen LogP contribution in [0.15, 0.2) is 85.1 Å². The molecule has 0 saturated heterocycles. The van der Waals surface area contributed by atoms with Gasteiger partial charge in [0.2, 0.25) is 0 Å². The Morgan fingerprint density at radius 3 is 1.18 bits per heavy atom. The minimum atomic E-state index is -4.76. The Kier molecular flexibility index (Phi) is 51.4. The Bertz CT molecular complexity index is 1530. The summed E-state index contributed by atoms with van der Waals surface area (Å²) < 4.78 is 39.4. The molecule has 11 nitrogen and oxygen atoms in total. The van der Waals surface area contributed by atoms with Crippen molar-refractivity contribution in [1.29, 1.82) is 0 Å². The highest BCUT2D eigenvalue weighted by Gasteiger charge is 2.28. The predicted octanol–water partition coefficient (Wildman–Crippen LogP) is 16.7. The first-order valence-corrected chi connectivity index (χ1v) is 30.0. The lowest BCUT2D eigenvalue weighted by molar-refractivity contribution is -0.161. The smallest absolute Gasteiger partial charge is 0.462 e. The van der Waals surface area contributed by atoms with Crippen LogP contribution in [0.25, 0.3) is 0 Å². The first-order valence-electron chi connectivity index (χ1n) is 28.5. The van der Waals surface area contributed by atoms with E-state index >= 15 is 0 Å². The molecule has 0 aliphatic heterocycles. The summed E-state index contributed by atoms with van der Waals surface area (Å²) in [5.41, 5.74) is 0. The maximum Gasteiger partial charge on any atom is 0.472 e. The van der Waals surface area contributed by atoms with Crippen molar-refractivity contribution >= 4 is 25.7 Å². The van der Waals surface area contributed by atoms with E-state index in [-0.39, 0.29) is 25.9 Å². The normalized spacial score (nSPS) is 14.0. The summed E-state index contributed by atoms with van der Waals surface area (Å²) in [5.74, 6) is -1.52. The molecule has 0 rings (SSSR count). The minimum Gasteiger partial charge on any atom is -0.462 e. The first kappa shape index (κ1) is 68.7. The van der Waals surface area contributed by atoms with E-state index in [4.69, 9.17) is 23.3 Å². The second-order valence-corrected chi connectivity index (χ2v) is 20.2. The number of rotatable bonds is 52. The third kappa shape index (κ3) is 51.6. The van der Waals surface area contributed by atoms with Gasteiger partial charge < -0.3 is 24.2 Å². The second kappa shape index (κ2) is 53.9. The van der Waals surface area contributed by atoms with Crippen LogP contribution in [0.2, 0.25) is 0 Å². The first-order chi connectivity index (χ1) is 35.2. The third-order valence-corrected chi connectivity index (χ3v) is 12.7. The summed E-state index contributed by atoms with van der Waals surface area (Å²) >= 11 is 0. The van der Waals surface area contributed by atoms with Gasteiger partial charge in [-0.1, -0.05) is 196 Å². The van der Waals surface area contributed by atoms with Crippen molar-refractivity contribution in [2.75, 3.05) is 26.4 Å². The molecule has 2 N–H and O–H groups in total. The van der Waals surface area contributed by atoms with Gasteiger partial charge in [0.1, 0.15) is 12.7 Å². The van der Waals surface area contributed by atoms with Gasteiger partial charge in [-0.15, -0.1) is 0 Å². The summed E-state index contributed by atoms with van der Waals surface area (Å²) in [6.07, 6.45) is 61.2. The van der Waals surface area contributed by atoms with Gasteiger partial charge in [-0.2, -0.15) is 0 Å². The summed E-state index contributed by atoms with van der Waals surface area (Å²) in [7, 11) is -4.76. The van der Waals surface area contributed by atoms with Crippen molar-refractivity contribution in [1.82, 2.24) is 0 Å². The monoisotopic (exact) mass is 1030 g/mol. The minimum absolute atomic E-state index is 0.138. The fourth-order valence-electron chi connectivity index (χ4n) is 7.44. The van der Waals surface area contributed by atoms with Crippen molar-refractivity contribution in [3.05, 3.63) is 85.1 Å². The van der Waals surface area contributed by atoms with Gasteiger partial charge in [0, 0.05) is 19.3 Å². The highest BCUT2D eigenvalue weighted by Crippen LogP contribution is 2.43. The predicted molar refractivity (Wildman–Crippen MR) is 298 cm³/mol. The molecule has 0 fully saturated rings. The molecule has 3 atom stereocenters. The molecule has 0 heterocycles. The molecule has 3 unspecified atom stereocenters. The fourth-order valence-corrected chi connectivity index (χ4v) is 8.22. The van der Waals surface area contributed by atoms with E-state index in [1.165, 1.54) is 64.2 Å². The van der Waals surface area contributed by atoms with E-state index in [0.29, 0.717) is 19.3 Å². The Labute approximate surface area is 439 Å². The largest absolute Gasteiger partial charge is 0.472 e. The van der Waals surface area contributed by atoms with E-state index in [9.17, 15) is 28.9 Å². The van der Waals surface area contributed by atoms with Gasteiger partial charge in [0.15, 0.2) is 6.10 Å². The lowest BCUT2D eigenvalue weighted by Crippen LogP contribution is -2.30. The third-order valence-electron chi connectivity index (χ3n) is 11.8. The van der Waals surface area contributed by atoms with Gasteiger partial charge in [-0.3, -0.25) is 23.4 Å². The molecular formula is C60H103O11P. The van der Waals surface area contributed by atoms with Gasteiger partial charge in [0.25, 0.3) is 0 Å². The summed E-state index contributed by atoms with van der Waals surface area (Å²) in [5, 5.41) is 9.79. The number of hydrogen-bond donors (Lipinski definition) is 2. The molecule has 0 aliphatic rings. The van der Waals surface area contributed by atoms with Crippen LogP contribution in [0, 0.1) is 0 Å². The van der Waals surface area contributed by atoms with Gasteiger partial charge in [-0.25, -0.2) is 4.57 Å². The molecule has 0 radical (unpaired) electrons. The molecule has 72 heavy (non-hydrogen) atoms. The van der Waals surface area contributed by atoms with Crippen LogP contribution >= 0.6 is 7.82 Å². The number of phosphoric ester groups is 1. The average Bonchev–Trinajstić information content (AvgIpc) is 3.37. The lowest BCUT2D eigenvalue weighted by Gasteiger charge is -2.21. The Morgan fingerprint density at radius 2 is 0.750 bits per heavy atom. The van der Waals surface area contributed by atoms with E-state index < -0.39 is 57.8 Å². The number of hydrogen-bond acceptors (Lipinski definition) is 10. The second-order valence-electron chi connectivity index (χ2n) is 18.7. The van der Waals surface area contributed by atoms with Gasteiger partial charge in [-0.05, 0) is 109 Å². The Balaban J connectivity index is 4.76. The zero-order valence-corrected chi connectivity index (χ0v) is 46.5. The highest BCUT2D eigenvalue weighted by molar-refractivity contribution is 7.47. The molecule has 0 spiro atoms. The van der Waals surface area contributed by atoms with Crippen molar-refractivity contribution in [2.45, 2.75) is 251 Å². The number of esters is 3. The molecule has 414 valence electrons. The van der Waals surface area contributed by atoms with Crippen LogP contribution < -0.4 is 0 Å². The molecular weight excluding hydrogens is 928 g/mol. The van der Waals surface area contributed by atoms with Crippen LogP contribution in [-0.4, -0.2) is 66.5 Å². The quantitative estimate of drug-likeness (QED) is 0.0197. The Morgan fingerprint density at radius 1 is 0.403 bits per heavy atom. The van der Waals surface area contributed by atoms with Crippen molar-refractivity contribution in [3.8, 4) is 0 Å². The number of ether oxygens (including phenoxy) is 3. The SMILES string of the molecule is CC/C=C\C/C=C\C/C=C\CCCCCC(=O)OC(CO)COP(=O)(O)OCC(COC(=O)CCCCCCC/C=C\C/C=C\CCC)OC(=O)CCCCCCCCCCC/C=C\C/C=C\CCCCC. The van der Waals surface area contributed by atoms with E-state index in [1.54, 1.807) is 0 Å². The molecule has 0 aromatic carbocycles. The standard InChI is InChI=1S/C60H103O11P/c1-4-7-10-13-16-19-22-25-26-27-28-29-30-33-36-39-42-45-48-51-60(64)71-57(53-67-58(62)49-46-43-40-37-34-31-23-20-17-14-11-8-5-2)55-69-72(65,66)68-54-56(52-61)70-59(63)50-47-44-41-38-35-32-24-21-18-15-12-9-6-3/h9,11-12,14,16,18-21,23,25-26,32,35,56-57,61H,4-8,10,13,15,17,22,24,27-31,33-34,36-55H2,1-3H3,(H,65,66)/b12-9-,14-11-,19-16-,21-18-,23-20-,26-25-,35-32-. The van der Waals surface area contributed by atoms with Crippen molar-refractivity contribution in [3.63, 3.8) is 0 Å². The summed E-state index contributed by atoms with van der Waals surface area (Å²) in [4.78, 5) is 48.5. The summed E-state index contributed by atoms with van der Waals surface area (Å²) in [6.45, 7) is 4.38. The zero-order valence-electron chi connectivity index (χ0n) is 45.6. The number of aliphatic hydroxyl groups excluding tert-OH is 1. The van der Waals surface area contributed by atoms with Gasteiger partial charge in [0.05, 0.1) is 19.8 Å². The summed E-state index contributed by atoms with van der Waals surface area (Å²) in [6, 6.07) is 0. The molecule has 0 bridgehead atoms. The number of carbonyl (C=O) groups is 3. The van der Waals surface area contributed by atoms with Gasteiger partial charge >= 0.3 is 25.7 Å². The molecule has 0 aromatic heterocycles. The van der Waals surface area contributed by atoms with Crippen LogP contribution in [0.3, 0.4) is 0 Å².